The molecule has 0 radical (unpaired) electrons. The molecule has 1 aliphatic carbocycles. The van der Waals surface area contributed by atoms with E-state index in [1.807, 2.05) is 0 Å². The molecule has 0 atom stereocenters. The summed E-state index contributed by atoms with van der Waals surface area (Å²) in [6.07, 6.45) is 3.15. The van der Waals surface area contributed by atoms with Crippen molar-refractivity contribution in [1.29, 1.82) is 5.26 Å². The first-order valence-corrected chi connectivity index (χ1v) is 6.24. The maximum atomic E-state index is 8.69. The van der Waals surface area contributed by atoms with E-state index in [-0.39, 0.29) is 0 Å². The molecule has 0 amide bonds. The Morgan fingerprint density at radius 3 is 2.93 bits per heavy atom. The van der Waals surface area contributed by atoms with Crippen LogP contribution in [-0.4, -0.2) is 6.54 Å². The Morgan fingerprint density at radius 2 is 2.40 bits per heavy atom. The van der Waals surface area contributed by atoms with Gasteiger partial charge in [-0.05, 0) is 42.2 Å². The fourth-order valence-electron chi connectivity index (χ4n) is 1.79. The number of nitriles is 1. The number of nitrogens with zero attached hydrogens (tertiary/aromatic N) is 1. The summed E-state index contributed by atoms with van der Waals surface area (Å²) in [6, 6.07) is 4.44. The first-order chi connectivity index (χ1) is 7.26. The molecule has 15 heavy (non-hydrogen) atoms. The molecule has 1 saturated carbocycles. The molecular formula is C12H16N2S. The standard InChI is InChI=1S/C12H16N2S/c1-10-2-7-15-11(10)8-14-9-12(3-4-12)5-6-13/h2,7,14H,3-5,8-9H2,1H3. The van der Waals surface area contributed by atoms with Crippen molar-refractivity contribution in [2.24, 2.45) is 5.41 Å². The summed E-state index contributed by atoms with van der Waals surface area (Å²) in [7, 11) is 0. The van der Waals surface area contributed by atoms with Crippen LogP contribution in [0.1, 0.15) is 29.7 Å². The highest BCUT2D eigenvalue weighted by molar-refractivity contribution is 7.10. The van der Waals surface area contributed by atoms with Crippen molar-refractivity contribution >= 4 is 11.3 Å². The second-order valence-electron chi connectivity index (χ2n) is 4.47. The third-order valence-corrected chi connectivity index (χ3v) is 4.19. The van der Waals surface area contributed by atoms with Crippen molar-refractivity contribution in [2.45, 2.75) is 32.7 Å². The lowest BCUT2D eigenvalue weighted by Crippen LogP contribution is -2.23. The first kappa shape index (κ1) is 10.7. The SMILES string of the molecule is Cc1ccsc1CNCC1(CC#N)CC1. The van der Waals surface area contributed by atoms with Gasteiger partial charge in [-0.3, -0.25) is 0 Å². The van der Waals surface area contributed by atoms with E-state index in [0.717, 1.165) is 13.1 Å². The molecule has 2 rings (SSSR count). The number of hydrogen-bond donors (Lipinski definition) is 1. The van der Waals surface area contributed by atoms with Gasteiger partial charge < -0.3 is 5.32 Å². The van der Waals surface area contributed by atoms with Crippen molar-refractivity contribution in [1.82, 2.24) is 5.32 Å². The molecule has 0 aliphatic heterocycles. The Balaban J connectivity index is 1.76. The molecule has 1 aliphatic rings. The van der Waals surface area contributed by atoms with E-state index < -0.39 is 0 Å². The van der Waals surface area contributed by atoms with Crippen LogP contribution < -0.4 is 5.32 Å². The Kier molecular flexibility index (Phi) is 3.08. The average molecular weight is 220 g/mol. The third-order valence-electron chi connectivity index (χ3n) is 3.16. The average Bonchev–Trinajstić information content (AvgIpc) is 2.85. The molecule has 1 aromatic heterocycles. The first-order valence-electron chi connectivity index (χ1n) is 5.36. The minimum atomic E-state index is 0.319. The largest absolute Gasteiger partial charge is 0.311 e. The van der Waals surface area contributed by atoms with Crippen LogP contribution >= 0.6 is 11.3 Å². The number of aryl methyl sites for hydroxylation is 1. The van der Waals surface area contributed by atoms with Gasteiger partial charge in [-0.15, -0.1) is 11.3 Å². The van der Waals surface area contributed by atoms with Crippen LogP contribution in [0.2, 0.25) is 0 Å². The Bertz CT molecular complexity index is 371. The molecule has 0 unspecified atom stereocenters. The lowest BCUT2D eigenvalue weighted by atomic mass is 10.0. The van der Waals surface area contributed by atoms with Gasteiger partial charge in [0.1, 0.15) is 0 Å². The Labute approximate surface area is 94.9 Å². The van der Waals surface area contributed by atoms with Crippen molar-refractivity contribution in [3.63, 3.8) is 0 Å². The van der Waals surface area contributed by atoms with Gasteiger partial charge in [-0.1, -0.05) is 0 Å². The van der Waals surface area contributed by atoms with Crippen LogP contribution in [-0.2, 0) is 6.54 Å². The second kappa shape index (κ2) is 4.34. The molecule has 1 heterocycles. The zero-order valence-corrected chi connectivity index (χ0v) is 9.86. The van der Waals surface area contributed by atoms with Gasteiger partial charge in [-0.25, -0.2) is 0 Å². The highest BCUT2D eigenvalue weighted by Gasteiger charge is 2.41. The summed E-state index contributed by atoms with van der Waals surface area (Å²) in [6.45, 7) is 4.10. The lowest BCUT2D eigenvalue weighted by molar-refractivity contribution is 0.467. The van der Waals surface area contributed by atoms with Gasteiger partial charge in [0, 0.05) is 24.4 Å². The Morgan fingerprint density at radius 1 is 1.60 bits per heavy atom. The van der Waals surface area contributed by atoms with Crippen molar-refractivity contribution < 1.29 is 0 Å². The number of rotatable bonds is 5. The van der Waals surface area contributed by atoms with E-state index >= 15 is 0 Å². The molecule has 1 fully saturated rings. The molecule has 0 saturated heterocycles. The summed E-state index contributed by atoms with van der Waals surface area (Å²) in [5.41, 5.74) is 1.69. The van der Waals surface area contributed by atoms with Crippen LogP contribution in [0.3, 0.4) is 0 Å². The maximum Gasteiger partial charge on any atom is 0.0628 e. The molecule has 1 aromatic rings. The topological polar surface area (TPSA) is 35.8 Å². The summed E-state index contributed by atoms with van der Waals surface area (Å²) in [5, 5.41) is 14.3. The van der Waals surface area contributed by atoms with Gasteiger partial charge in [0.05, 0.1) is 6.07 Å². The van der Waals surface area contributed by atoms with E-state index in [9.17, 15) is 0 Å². The summed E-state index contributed by atoms with van der Waals surface area (Å²) >= 11 is 1.81. The van der Waals surface area contributed by atoms with Gasteiger partial charge >= 0.3 is 0 Å². The number of nitrogens with one attached hydrogen (secondary N) is 1. The minimum absolute atomic E-state index is 0.319. The quantitative estimate of drug-likeness (QED) is 0.828. The zero-order valence-electron chi connectivity index (χ0n) is 9.05. The molecule has 0 spiro atoms. The van der Waals surface area contributed by atoms with Crippen LogP contribution in [0.15, 0.2) is 11.4 Å². The minimum Gasteiger partial charge on any atom is -0.311 e. The Hall–Kier alpha value is -0.850. The van der Waals surface area contributed by atoms with Crippen LogP contribution in [0.4, 0.5) is 0 Å². The second-order valence-corrected chi connectivity index (χ2v) is 5.47. The fourth-order valence-corrected chi connectivity index (χ4v) is 2.66. The number of hydrogen-bond acceptors (Lipinski definition) is 3. The van der Waals surface area contributed by atoms with Crippen molar-refractivity contribution in [2.75, 3.05) is 6.54 Å². The van der Waals surface area contributed by atoms with Crippen molar-refractivity contribution in [3.05, 3.63) is 21.9 Å². The summed E-state index contributed by atoms with van der Waals surface area (Å²) in [5.74, 6) is 0. The van der Waals surface area contributed by atoms with Crippen molar-refractivity contribution in [3.8, 4) is 6.07 Å². The molecule has 2 nitrogen and oxygen atoms in total. The van der Waals surface area contributed by atoms with E-state index in [2.05, 4.69) is 29.8 Å². The van der Waals surface area contributed by atoms with E-state index in [1.54, 1.807) is 11.3 Å². The fraction of sp³-hybridized carbons (Fsp3) is 0.583. The summed E-state index contributed by atoms with van der Waals surface area (Å²) in [4.78, 5) is 1.42. The number of thiophene rings is 1. The van der Waals surface area contributed by atoms with Gasteiger partial charge in [0.2, 0.25) is 0 Å². The van der Waals surface area contributed by atoms with Gasteiger partial charge in [0.25, 0.3) is 0 Å². The molecule has 0 aromatic carbocycles. The smallest absolute Gasteiger partial charge is 0.0628 e. The molecular weight excluding hydrogens is 204 g/mol. The summed E-state index contributed by atoms with van der Waals surface area (Å²) < 4.78 is 0. The highest BCUT2D eigenvalue weighted by Crippen LogP contribution is 2.47. The molecule has 0 bridgehead atoms. The third kappa shape index (κ3) is 2.58. The lowest BCUT2D eigenvalue weighted by Gasteiger charge is -2.11. The highest BCUT2D eigenvalue weighted by atomic mass is 32.1. The molecule has 1 N–H and O–H groups in total. The molecule has 80 valence electrons. The van der Waals surface area contributed by atoms with E-state index in [0.29, 0.717) is 11.8 Å². The van der Waals surface area contributed by atoms with Gasteiger partial charge in [-0.2, -0.15) is 5.26 Å². The van der Waals surface area contributed by atoms with Crippen LogP contribution in [0.5, 0.6) is 0 Å². The predicted molar refractivity (Wildman–Crippen MR) is 62.7 cm³/mol. The maximum absolute atomic E-state index is 8.69. The van der Waals surface area contributed by atoms with Crippen LogP contribution in [0.25, 0.3) is 0 Å². The zero-order chi connectivity index (χ0) is 10.7. The van der Waals surface area contributed by atoms with E-state index in [4.69, 9.17) is 5.26 Å². The van der Waals surface area contributed by atoms with E-state index in [1.165, 1.54) is 23.3 Å². The normalized spacial score (nSPS) is 17.3. The monoisotopic (exact) mass is 220 g/mol. The van der Waals surface area contributed by atoms with Gasteiger partial charge in [0.15, 0.2) is 0 Å². The predicted octanol–water partition coefficient (Wildman–Crippen LogP) is 2.84. The van der Waals surface area contributed by atoms with Crippen LogP contribution in [0, 0.1) is 23.7 Å². The molecule has 3 heteroatoms.